The Morgan fingerprint density at radius 3 is 2.48 bits per heavy atom. The summed E-state index contributed by atoms with van der Waals surface area (Å²) in [5.41, 5.74) is 0.436. The topological polar surface area (TPSA) is 159 Å². The van der Waals surface area contributed by atoms with E-state index < -0.39 is 42.1 Å². The molecule has 0 spiro atoms. The number of amides is 3. The van der Waals surface area contributed by atoms with Gasteiger partial charge in [0.15, 0.2) is 17.1 Å². The molecule has 2 heterocycles. The number of ether oxygens (including phenoxy) is 1. The van der Waals surface area contributed by atoms with Gasteiger partial charge in [-0.3, -0.25) is 19.7 Å². The number of aliphatic hydroxyl groups is 1. The fourth-order valence-corrected chi connectivity index (χ4v) is 6.05. The van der Waals surface area contributed by atoms with Gasteiger partial charge in [0.25, 0.3) is 5.91 Å². The van der Waals surface area contributed by atoms with E-state index in [2.05, 4.69) is 21.3 Å². The van der Waals surface area contributed by atoms with E-state index in [0.29, 0.717) is 48.8 Å². The Morgan fingerprint density at radius 2 is 1.83 bits per heavy atom. The molecular weight excluding hydrogens is 540 g/mol. The highest BCUT2D eigenvalue weighted by Crippen LogP contribution is 2.29. The van der Waals surface area contributed by atoms with Crippen molar-refractivity contribution < 1.29 is 33.4 Å². The number of methoxy groups -OCH3 is 1. The Kier molecular flexibility index (Phi) is 11.0. The van der Waals surface area contributed by atoms with Crippen LogP contribution < -0.4 is 26.0 Å². The van der Waals surface area contributed by atoms with Crippen molar-refractivity contribution in [2.45, 2.75) is 89.6 Å². The molecule has 1 aromatic carbocycles. The van der Waals surface area contributed by atoms with E-state index in [1.54, 1.807) is 24.3 Å². The largest absolute Gasteiger partial charge is 0.493 e. The van der Waals surface area contributed by atoms with E-state index >= 15 is 0 Å². The number of furan rings is 1. The molecule has 2 aliphatic rings. The van der Waals surface area contributed by atoms with Gasteiger partial charge in [0, 0.05) is 11.3 Å². The van der Waals surface area contributed by atoms with Crippen LogP contribution in [0.5, 0.6) is 5.75 Å². The third-order valence-corrected chi connectivity index (χ3v) is 8.48. The van der Waals surface area contributed by atoms with Crippen molar-refractivity contribution in [3.63, 3.8) is 0 Å². The molecule has 1 saturated heterocycles. The summed E-state index contributed by atoms with van der Waals surface area (Å²) in [5, 5.41) is 22.2. The highest BCUT2D eigenvalue weighted by atomic mass is 16.5. The summed E-state index contributed by atoms with van der Waals surface area (Å²) in [6.45, 7) is 4.27. The average Bonchev–Trinajstić information content (AvgIpc) is 3.61. The maximum Gasteiger partial charge on any atom is 0.287 e. The minimum absolute atomic E-state index is 0.0434. The van der Waals surface area contributed by atoms with Gasteiger partial charge in [0.05, 0.1) is 13.2 Å². The maximum atomic E-state index is 13.6. The first-order chi connectivity index (χ1) is 20.2. The third-order valence-electron chi connectivity index (χ3n) is 8.48. The van der Waals surface area contributed by atoms with Crippen molar-refractivity contribution in [3.8, 4) is 5.75 Å². The predicted molar refractivity (Wildman–Crippen MR) is 157 cm³/mol. The molecule has 4 rings (SSSR count). The van der Waals surface area contributed by atoms with Gasteiger partial charge >= 0.3 is 0 Å². The van der Waals surface area contributed by atoms with E-state index in [4.69, 9.17) is 9.15 Å². The minimum Gasteiger partial charge on any atom is -0.493 e. The molecule has 1 saturated carbocycles. The van der Waals surface area contributed by atoms with E-state index in [1.807, 2.05) is 13.8 Å². The number of nitrogens with one attached hydrogen (secondary N) is 4. The highest BCUT2D eigenvalue weighted by Gasteiger charge is 2.34. The summed E-state index contributed by atoms with van der Waals surface area (Å²) in [6.07, 6.45) is 6.66. The van der Waals surface area contributed by atoms with Gasteiger partial charge in [-0.05, 0) is 49.8 Å². The number of carbonyl (C=O) groups excluding carboxylic acids is 4. The molecule has 11 heteroatoms. The minimum atomic E-state index is -0.934. The monoisotopic (exact) mass is 584 g/mol. The molecule has 0 radical (unpaired) electrons. The molecule has 0 bridgehead atoms. The predicted octanol–water partition coefficient (Wildman–Crippen LogP) is 2.65. The molecule has 11 nitrogen and oxygen atoms in total. The summed E-state index contributed by atoms with van der Waals surface area (Å²) in [6, 6.07) is 4.33. The lowest BCUT2D eigenvalue weighted by atomic mass is 9.84. The zero-order valence-corrected chi connectivity index (χ0v) is 24.7. The number of benzene rings is 1. The second kappa shape index (κ2) is 14.6. The van der Waals surface area contributed by atoms with Crippen LogP contribution in [0.3, 0.4) is 0 Å². The van der Waals surface area contributed by atoms with Crippen molar-refractivity contribution in [1.29, 1.82) is 0 Å². The van der Waals surface area contributed by atoms with Crippen LogP contribution in [0.15, 0.2) is 28.7 Å². The van der Waals surface area contributed by atoms with Crippen molar-refractivity contribution in [1.82, 2.24) is 21.3 Å². The van der Waals surface area contributed by atoms with Gasteiger partial charge in [-0.15, -0.1) is 0 Å². The Balaban J connectivity index is 1.46. The third kappa shape index (κ3) is 7.89. The Morgan fingerprint density at radius 1 is 1.07 bits per heavy atom. The lowest BCUT2D eigenvalue weighted by Gasteiger charge is -2.30. The number of carbonyl (C=O) groups is 4. The van der Waals surface area contributed by atoms with Crippen LogP contribution in [0.2, 0.25) is 0 Å². The quantitative estimate of drug-likeness (QED) is 0.225. The maximum absolute atomic E-state index is 13.6. The fraction of sp³-hybridized carbons (Fsp3) is 0.613. The number of hydrogen-bond donors (Lipinski definition) is 5. The number of rotatable bonds is 13. The molecule has 230 valence electrons. The van der Waals surface area contributed by atoms with E-state index in [9.17, 15) is 24.3 Å². The molecule has 2 fully saturated rings. The second-order valence-electron chi connectivity index (χ2n) is 11.9. The van der Waals surface area contributed by atoms with Crippen LogP contribution in [0.1, 0.15) is 75.8 Å². The highest BCUT2D eigenvalue weighted by molar-refractivity contribution is 6.00. The second-order valence-corrected chi connectivity index (χ2v) is 11.9. The first-order valence-corrected chi connectivity index (χ1v) is 15.0. The van der Waals surface area contributed by atoms with Crippen molar-refractivity contribution >= 4 is 35.0 Å². The summed E-state index contributed by atoms with van der Waals surface area (Å²) in [4.78, 5) is 52.1. The number of aldehydes is 1. The SMILES string of the molecule is COc1cccc2cc(C(=O)N[C@H](C(=O)N[C@@H](CC3CCCCC3)C(=O)N[C@H](C=O)C[C@@H]3CCNC3O)C(C)C)oc12. The molecule has 1 aliphatic carbocycles. The average molecular weight is 585 g/mol. The summed E-state index contributed by atoms with van der Waals surface area (Å²) in [7, 11) is 1.52. The molecule has 42 heavy (non-hydrogen) atoms. The zero-order valence-electron chi connectivity index (χ0n) is 24.7. The van der Waals surface area contributed by atoms with Crippen molar-refractivity contribution in [2.24, 2.45) is 17.8 Å². The Bertz CT molecular complexity index is 1240. The summed E-state index contributed by atoms with van der Waals surface area (Å²) in [5.74, 6) is -1.11. The van der Waals surface area contributed by atoms with Crippen molar-refractivity contribution in [2.75, 3.05) is 13.7 Å². The number of fused-ring (bicyclic) bond motifs is 1. The van der Waals surface area contributed by atoms with Crippen LogP contribution in [-0.4, -0.2) is 67.1 Å². The lowest BCUT2D eigenvalue weighted by Crippen LogP contribution is -2.57. The fourth-order valence-electron chi connectivity index (χ4n) is 6.05. The normalized spacial score (nSPS) is 21.5. The van der Waals surface area contributed by atoms with E-state index in [-0.39, 0.29) is 23.5 Å². The van der Waals surface area contributed by atoms with Crippen LogP contribution in [0.25, 0.3) is 11.0 Å². The molecule has 2 aromatic rings. The number of aliphatic hydroxyl groups excluding tert-OH is 1. The number of para-hydroxylation sites is 1. The number of hydrogen-bond acceptors (Lipinski definition) is 8. The smallest absolute Gasteiger partial charge is 0.287 e. The first kappa shape index (κ1) is 31.5. The van der Waals surface area contributed by atoms with Crippen LogP contribution in [-0.2, 0) is 14.4 Å². The standard InChI is InChI=1S/C31H44N4O7/c1-18(2)26(35-30(39)25-16-20-10-7-11-24(41-3)27(20)42-25)31(40)34-23(14-19-8-5-4-6-9-19)29(38)33-22(17-36)15-21-12-13-32-28(21)37/h7,10-11,16-19,21-23,26,28,32,37H,4-6,8-9,12-15H2,1-3H3,(H,33,38)(H,34,40)(H,35,39)/t21-,22-,23-,26-,28?/m0/s1. The molecule has 5 atom stereocenters. The molecule has 3 amide bonds. The zero-order chi connectivity index (χ0) is 30.2. The Hall–Kier alpha value is -3.44. The van der Waals surface area contributed by atoms with Gasteiger partial charge in [0.1, 0.15) is 24.6 Å². The molecular formula is C31H44N4O7. The van der Waals surface area contributed by atoms with Crippen LogP contribution >= 0.6 is 0 Å². The molecule has 5 N–H and O–H groups in total. The lowest BCUT2D eigenvalue weighted by molar-refractivity contribution is -0.132. The van der Waals surface area contributed by atoms with Crippen LogP contribution in [0.4, 0.5) is 0 Å². The first-order valence-electron chi connectivity index (χ1n) is 15.0. The van der Waals surface area contributed by atoms with Gasteiger partial charge < -0.3 is 35.0 Å². The molecule has 1 aliphatic heterocycles. The molecule has 1 unspecified atom stereocenters. The van der Waals surface area contributed by atoms with Gasteiger partial charge in [-0.2, -0.15) is 0 Å². The summed E-state index contributed by atoms with van der Waals surface area (Å²) >= 11 is 0. The van der Waals surface area contributed by atoms with E-state index in [1.165, 1.54) is 7.11 Å². The molecule has 1 aromatic heterocycles. The van der Waals surface area contributed by atoms with Crippen molar-refractivity contribution in [3.05, 3.63) is 30.0 Å². The van der Waals surface area contributed by atoms with Gasteiger partial charge in [0.2, 0.25) is 11.8 Å². The van der Waals surface area contributed by atoms with Gasteiger partial charge in [-0.1, -0.05) is 58.1 Å². The summed E-state index contributed by atoms with van der Waals surface area (Å²) < 4.78 is 11.1. The van der Waals surface area contributed by atoms with Crippen LogP contribution in [0, 0.1) is 17.8 Å². The Labute approximate surface area is 246 Å². The van der Waals surface area contributed by atoms with Gasteiger partial charge in [-0.25, -0.2) is 0 Å². The van der Waals surface area contributed by atoms with E-state index in [0.717, 1.165) is 32.1 Å².